The second-order valence-electron chi connectivity index (χ2n) is 7.76. The maximum absolute atomic E-state index is 6.28. The quantitative estimate of drug-likeness (QED) is 0.550. The molecule has 1 aliphatic heterocycles. The van der Waals surface area contributed by atoms with Crippen molar-refractivity contribution in [2.24, 2.45) is 0 Å². The van der Waals surface area contributed by atoms with Crippen molar-refractivity contribution < 1.29 is 0 Å². The largest absolute Gasteiger partial charge is 0.352 e. The highest BCUT2D eigenvalue weighted by atomic mass is 35.5. The van der Waals surface area contributed by atoms with Crippen molar-refractivity contribution in [3.8, 4) is 5.69 Å². The molecule has 0 amide bonds. The maximum Gasteiger partial charge on any atom is 0.170 e. The number of hydrogen-bond acceptors (Lipinski definition) is 3. The molecule has 7 heteroatoms. The van der Waals surface area contributed by atoms with Gasteiger partial charge in [-0.15, -0.1) is 0 Å². The summed E-state index contributed by atoms with van der Waals surface area (Å²) < 4.78 is 2.20. The van der Waals surface area contributed by atoms with Crippen molar-refractivity contribution in [3.05, 3.63) is 83.4 Å². The first-order chi connectivity index (χ1) is 14.5. The van der Waals surface area contributed by atoms with Gasteiger partial charge in [0.15, 0.2) is 5.11 Å². The number of benzene rings is 1. The summed E-state index contributed by atoms with van der Waals surface area (Å²) in [5, 5.41) is 5.02. The van der Waals surface area contributed by atoms with E-state index in [1.165, 1.54) is 0 Å². The standard InChI is InChI=1S/C23H26ClN5S/c1-27(2)13-7-15-29-22(21(26-23(29)30)19-10-3-4-12-25-19)20-11-6-14-28(20)18-9-5-8-17(24)16-18/h3-6,8-12,14,16,21-22H,7,13,15H2,1-2H3,(H,26,30). The molecule has 1 saturated heterocycles. The average molecular weight is 440 g/mol. The Bertz CT molecular complexity index is 1000. The van der Waals surface area contributed by atoms with E-state index in [0.717, 1.165) is 46.7 Å². The molecule has 3 aromatic rings. The van der Waals surface area contributed by atoms with Crippen molar-refractivity contribution in [1.82, 2.24) is 24.7 Å². The summed E-state index contributed by atoms with van der Waals surface area (Å²) >= 11 is 12.0. The van der Waals surface area contributed by atoms with Crippen LogP contribution >= 0.6 is 23.8 Å². The van der Waals surface area contributed by atoms with Crippen molar-refractivity contribution in [2.75, 3.05) is 27.2 Å². The molecule has 2 unspecified atom stereocenters. The predicted octanol–water partition coefficient (Wildman–Crippen LogP) is 4.45. The van der Waals surface area contributed by atoms with E-state index in [4.69, 9.17) is 23.8 Å². The highest BCUT2D eigenvalue weighted by molar-refractivity contribution is 7.80. The van der Waals surface area contributed by atoms with Gasteiger partial charge in [-0.1, -0.05) is 23.7 Å². The average Bonchev–Trinajstić information content (AvgIpc) is 3.33. The van der Waals surface area contributed by atoms with Gasteiger partial charge in [0.1, 0.15) is 0 Å². The molecular formula is C23H26ClN5S. The number of hydrogen-bond donors (Lipinski definition) is 1. The molecule has 0 aliphatic carbocycles. The molecule has 2 aromatic heterocycles. The number of nitrogens with one attached hydrogen (secondary N) is 1. The number of nitrogens with zero attached hydrogens (tertiary/aromatic N) is 4. The number of aromatic nitrogens is 2. The van der Waals surface area contributed by atoms with E-state index >= 15 is 0 Å². The number of thiocarbonyl (C=S) groups is 1. The molecule has 1 fully saturated rings. The first kappa shape index (κ1) is 20.8. The Labute approximate surface area is 188 Å². The fourth-order valence-corrected chi connectivity index (χ4v) is 4.54. The minimum atomic E-state index is -0.0223. The zero-order chi connectivity index (χ0) is 21.1. The van der Waals surface area contributed by atoms with Crippen molar-refractivity contribution >= 4 is 28.9 Å². The van der Waals surface area contributed by atoms with Gasteiger partial charge in [0.05, 0.1) is 17.8 Å². The Morgan fingerprint density at radius 1 is 1.13 bits per heavy atom. The molecule has 1 aromatic carbocycles. The first-order valence-corrected chi connectivity index (χ1v) is 10.9. The number of pyridine rings is 1. The Balaban J connectivity index is 1.74. The minimum absolute atomic E-state index is 0.0223. The van der Waals surface area contributed by atoms with Gasteiger partial charge >= 0.3 is 0 Å². The monoisotopic (exact) mass is 439 g/mol. The SMILES string of the molecule is CN(C)CCCN1C(=S)NC(c2ccccn2)C1c1cccn1-c1cccc(Cl)c1. The number of halogens is 1. The molecule has 4 rings (SSSR count). The van der Waals surface area contributed by atoms with Crippen LogP contribution in [0.25, 0.3) is 5.69 Å². The van der Waals surface area contributed by atoms with Gasteiger partial charge in [0, 0.05) is 35.3 Å². The lowest BCUT2D eigenvalue weighted by Gasteiger charge is -2.29. The lowest BCUT2D eigenvalue weighted by molar-refractivity contribution is 0.286. The molecule has 3 heterocycles. The van der Waals surface area contributed by atoms with Crippen LogP contribution in [-0.4, -0.2) is 51.6 Å². The molecular weight excluding hydrogens is 414 g/mol. The molecule has 156 valence electrons. The highest BCUT2D eigenvalue weighted by Crippen LogP contribution is 2.39. The molecule has 1 N–H and O–H groups in total. The van der Waals surface area contributed by atoms with E-state index in [0.29, 0.717) is 0 Å². The van der Waals surface area contributed by atoms with Gasteiger partial charge in [0.2, 0.25) is 0 Å². The lowest BCUT2D eigenvalue weighted by atomic mass is 10.0. The van der Waals surface area contributed by atoms with Crippen LogP contribution < -0.4 is 5.32 Å². The molecule has 0 radical (unpaired) electrons. The van der Waals surface area contributed by atoms with Crippen LogP contribution in [-0.2, 0) is 0 Å². The van der Waals surface area contributed by atoms with Crippen LogP contribution in [0.5, 0.6) is 0 Å². The van der Waals surface area contributed by atoms with Crippen molar-refractivity contribution in [3.63, 3.8) is 0 Å². The Hall–Kier alpha value is -2.41. The Kier molecular flexibility index (Phi) is 6.37. The topological polar surface area (TPSA) is 36.3 Å². The summed E-state index contributed by atoms with van der Waals surface area (Å²) in [6.07, 6.45) is 4.94. The van der Waals surface area contributed by atoms with E-state index in [-0.39, 0.29) is 12.1 Å². The van der Waals surface area contributed by atoms with E-state index in [2.05, 4.69) is 69.2 Å². The normalized spacial score (nSPS) is 18.8. The van der Waals surface area contributed by atoms with Gasteiger partial charge in [0.25, 0.3) is 0 Å². The molecule has 1 aliphatic rings. The first-order valence-electron chi connectivity index (χ1n) is 10.1. The van der Waals surface area contributed by atoms with E-state index in [1.807, 2.05) is 36.5 Å². The summed E-state index contributed by atoms with van der Waals surface area (Å²) in [7, 11) is 4.19. The fourth-order valence-electron chi connectivity index (χ4n) is 4.02. The molecule has 30 heavy (non-hydrogen) atoms. The zero-order valence-corrected chi connectivity index (χ0v) is 18.8. The predicted molar refractivity (Wildman–Crippen MR) is 126 cm³/mol. The van der Waals surface area contributed by atoms with Crippen LogP contribution in [0.1, 0.15) is 29.9 Å². The zero-order valence-electron chi connectivity index (χ0n) is 17.2. The second-order valence-corrected chi connectivity index (χ2v) is 8.58. The van der Waals surface area contributed by atoms with Gasteiger partial charge in [-0.05, 0) is 81.7 Å². The molecule has 5 nitrogen and oxygen atoms in total. The minimum Gasteiger partial charge on any atom is -0.352 e. The Morgan fingerprint density at radius 3 is 2.73 bits per heavy atom. The van der Waals surface area contributed by atoms with Crippen LogP contribution in [0.4, 0.5) is 0 Å². The van der Waals surface area contributed by atoms with Gasteiger partial charge in [-0.25, -0.2) is 0 Å². The smallest absolute Gasteiger partial charge is 0.170 e. The fraction of sp³-hybridized carbons (Fsp3) is 0.304. The van der Waals surface area contributed by atoms with E-state index in [1.54, 1.807) is 0 Å². The molecule has 0 spiro atoms. The van der Waals surface area contributed by atoms with Gasteiger partial charge in [-0.3, -0.25) is 4.98 Å². The van der Waals surface area contributed by atoms with Gasteiger partial charge < -0.3 is 19.7 Å². The van der Waals surface area contributed by atoms with Crippen molar-refractivity contribution in [1.29, 1.82) is 0 Å². The molecule has 0 saturated carbocycles. The van der Waals surface area contributed by atoms with Crippen molar-refractivity contribution in [2.45, 2.75) is 18.5 Å². The summed E-state index contributed by atoms with van der Waals surface area (Å²) in [4.78, 5) is 9.13. The highest BCUT2D eigenvalue weighted by Gasteiger charge is 2.40. The van der Waals surface area contributed by atoms with Crippen LogP contribution in [0.3, 0.4) is 0 Å². The van der Waals surface area contributed by atoms with Crippen LogP contribution in [0, 0.1) is 0 Å². The van der Waals surface area contributed by atoms with Crippen LogP contribution in [0.2, 0.25) is 5.02 Å². The van der Waals surface area contributed by atoms with E-state index in [9.17, 15) is 0 Å². The third kappa shape index (κ3) is 4.36. The third-order valence-electron chi connectivity index (χ3n) is 5.37. The summed E-state index contributed by atoms with van der Waals surface area (Å²) in [5.41, 5.74) is 3.18. The summed E-state index contributed by atoms with van der Waals surface area (Å²) in [5.74, 6) is 0. The second kappa shape index (κ2) is 9.16. The summed E-state index contributed by atoms with van der Waals surface area (Å²) in [6, 6.07) is 18.2. The maximum atomic E-state index is 6.28. The molecule has 2 atom stereocenters. The third-order valence-corrected chi connectivity index (χ3v) is 5.96. The van der Waals surface area contributed by atoms with E-state index < -0.39 is 0 Å². The van der Waals surface area contributed by atoms with Crippen LogP contribution in [0.15, 0.2) is 67.0 Å². The number of rotatable bonds is 7. The lowest BCUT2D eigenvalue weighted by Crippen LogP contribution is -2.32. The van der Waals surface area contributed by atoms with Gasteiger partial charge in [-0.2, -0.15) is 0 Å². The molecule has 0 bridgehead atoms. The Morgan fingerprint density at radius 2 is 2.00 bits per heavy atom. The summed E-state index contributed by atoms with van der Waals surface area (Å²) in [6.45, 7) is 1.88.